The van der Waals surface area contributed by atoms with Gasteiger partial charge < -0.3 is 24.3 Å². The van der Waals surface area contributed by atoms with Gasteiger partial charge >= 0.3 is 0 Å². The lowest BCUT2D eigenvalue weighted by molar-refractivity contribution is -0.132. The van der Waals surface area contributed by atoms with Crippen molar-refractivity contribution in [2.24, 2.45) is 0 Å². The third-order valence-electron chi connectivity index (χ3n) is 7.15. The average molecular weight is 546 g/mol. The van der Waals surface area contributed by atoms with E-state index in [9.17, 15) is 9.59 Å². The molecule has 0 atom stereocenters. The number of rotatable bonds is 11. The smallest absolute Gasteiger partial charge is 0.254 e. The number of hydrogen-bond acceptors (Lipinski definition) is 4. The van der Waals surface area contributed by atoms with Crippen LogP contribution in [-0.4, -0.2) is 59.9 Å². The Morgan fingerprint density at radius 3 is 2.44 bits per heavy atom. The topological polar surface area (TPSA) is 74.9 Å². The Morgan fingerprint density at radius 2 is 1.72 bits per heavy atom. The third kappa shape index (κ3) is 6.20. The minimum atomic E-state index is -0.148. The highest BCUT2D eigenvalue weighted by molar-refractivity contribution is 6.30. The summed E-state index contributed by atoms with van der Waals surface area (Å²) in [5.74, 6) is 0.993. The van der Waals surface area contributed by atoms with Crippen molar-refractivity contribution in [1.82, 2.24) is 14.8 Å². The maximum absolute atomic E-state index is 13.8. The number of aromatic amines is 1. The van der Waals surface area contributed by atoms with Gasteiger partial charge in [-0.25, -0.2) is 0 Å². The molecule has 1 heterocycles. The first kappa shape index (κ1) is 26.6. The summed E-state index contributed by atoms with van der Waals surface area (Å²) in [5.41, 5.74) is 3.66. The van der Waals surface area contributed by atoms with Gasteiger partial charge in [0.05, 0.1) is 14.2 Å². The number of H-pyrrole nitrogens is 1. The second kappa shape index (κ2) is 11.8. The van der Waals surface area contributed by atoms with Gasteiger partial charge in [-0.3, -0.25) is 9.59 Å². The lowest BCUT2D eigenvalue weighted by atomic mass is 10.1. The molecule has 1 aliphatic rings. The standard InChI is InChI=1S/C31H32ClN3O4/c1-38-28-14-7-21(17-29(28)39-2)19-34(16-15-23-18-33-27-6-4-3-5-26(23)27)30(36)20-35(25-12-13-25)31(37)22-8-10-24(32)11-9-22/h3-11,14,17-18,25,33H,12-13,15-16,19-20H2,1-2H3. The molecule has 0 spiro atoms. The van der Waals surface area contributed by atoms with Crippen LogP contribution in [0.1, 0.15) is 34.3 Å². The molecule has 0 aliphatic heterocycles. The van der Waals surface area contributed by atoms with E-state index in [1.807, 2.05) is 47.5 Å². The number of para-hydroxylation sites is 1. The number of benzene rings is 3. The highest BCUT2D eigenvalue weighted by atomic mass is 35.5. The maximum atomic E-state index is 13.8. The molecule has 4 aromatic rings. The van der Waals surface area contributed by atoms with Crippen LogP contribution in [0, 0.1) is 0 Å². The molecule has 1 fully saturated rings. The van der Waals surface area contributed by atoms with E-state index in [0.717, 1.165) is 34.9 Å². The molecule has 202 valence electrons. The number of methoxy groups -OCH3 is 2. The Balaban J connectivity index is 1.38. The van der Waals surface area contributed by atoms with Crippen molar-refractivity contribution in [2.75, 3.05) is 27.3 Å². The Labute approximate surface area is 233 Å². The van der Waals surface area contributed by atoms with Crippen molar-refractivity contribution in [1.29, 1.82) is 0 Å². The zero-order valence-corrected chi connectivity index (χ0v) is 22.9. The molecule has 0 saturated heterocycles. The van der Waals surface area contributed by atoms with E-state index in [4.69, 9.17) is 21.1 Å². The lowest BCUT2D eigenvalue weighted by Gasteiger charge is -2.28. The molecule has 7 nitrogen and oxygen atoms in total. The maximum Gasteiger partial charge on any atom is 0.254 e. The van der Waals surface area contributed by atoms with Crippen molar-refractivity contribution >= 4 is 34.3 Å². The van der Waals surface area contributed by atoms with Crippen LogP contribution in [0.25, 0.3) is 10.9 Å². The molecule has 0 radical (unpaired) electrons. The number of halogens is 1. The van der Waals surface area contributed by atoms with Crippen LogP contribution in [0.4, 0.5) is 0 Å². The van der Waals surface area contributed by atoms with Gasteiger partial charge in [-0.2, -0.15) is 0 Å². The summed E-state index contributed by atoms with van der Waals surface area (Å²) >= 11 is 6.02. The van der Waals surface area contributed by atoms with E-state index in [2.05, 4.69) is 11.1 Å². The Kier molecular flexibility index (Phi) is 8.07. The van der Waals surface area contributed by atoms with E-state index < -0.39 is 0 Å². The molecule has 0 unspecified atom stereocenters. The number of carbonyl (C=O) groups is 2. The molecule has 1 aromatic heterocycles. The molecular formula is C31H32ClN3O4. The number of ether oxygens (including phenoxy) is 2. The van der Waals surface area contributed by atoms with E-state index >= 15 is 0 Å². The normalized spacial score (nSPS) is 12.8. The number of amides is 2. The molecule has 2 amide bonds. The van der Waals surface area contributed by atoms with Crippen LogP contribution >= 0.6 is 11.6 Å². The van der Waals surface area contributed by atoms with Gasteiger partial charge in [0.25, 0.3) is 5.91 Å². The van der Waals surface area contributed by atoms with Gasteiger partial charge in [-0.05, 0) is 72.9 Å². The first-order chi connectivity index (χ1) is 19.0. The van der Waals surface area contributed by atoms with E-state index in [1.165, 1.54) is 0 Å². The molecule has 5 rings (SSSR count). The predicted octanol–water partition coefficient (Wildman–Crippen LogP) is 5.71. The number of nitrogens with zero attached hydrogens (tertiary/aromatic N) is 2. The van der Waals surface area contributed by atoms with Crippen LogP contribution < -0.4 is 9.47 Å². The second-order valence-corrected chi connectivity index (χ2v) is 10.2. The summed E-state index contributed by atoms with van der Waals surface area (Å²) < 4.78 is 10.9. The van der Waals surface area contributed by atoms with Gasteiger partial charge in [-0.1, -0.05) is 35.9 Å². The Morgan fingerprint density at radius 1 is 0.974 bits per heavy atom. The summed E-state index contributed by atoms with van der Waals surface area (Å²) in [5, 5.41) is 1.72. The summed E-state index contributed by atoms with van der Waals surface area (Å²) in [6.45, 7) is 0.908. The van der Waals surface area contributed by atoms with Gasteiger partial charge in [0.15, 0.2) is 11.5 Å². The first-order valence-corrected chi connectivity index (χ1v) is 13.4. The van der Waals surface area contributed by atoms with Crippen LogP contribution in [-0.2, 0) is 17.8 Å². The van der Waals surface area contributed by atoms with Crippen molar-refractivity contribution in [3.8, 4) is 11.5 Å². The van der Waals surface area contributed by atoms with E-state index in [-0.39, 0.29) is 24.4 Å². The third-order valence-corrected chi connectivity index (χ3v) is 7.40. The van der Waals surface area contributed by atoms with Crippen molar-refractivity contribution in [3.63, 3.8) is 0 Å². The van der Waals surface area contributed by atoms with Crippen LogP contribution in [0.2, 0.25) is 5.02 Å². The summed E-state index contributed by atoms with van der Waals surface area (Å²) in [7, 11) is 3.19. The summed E-state index contributed by atoms with van der Waals surface area (Å²) in [6.07, 6.45) is 4.48. The number of aromatic nitrogens is 1. The average Bonchev–Trinajstić information content (AvgIpc) is 3.73. The molecule has 8 heteroatoms. The fourth-order valence-electron chi connectivity index (χ4n) is 4.84. The first-order valence-electron chi connectivity index (χ1n) is 13.1. The van der Waals surface area contributed by atoms with Crippen molar-refractivity contribution in [2.45, 2.75) is 31.8 Å². The van der Waals surface area contributed by atoms with Gasteiger partial charge in [0, 0.05) is 46.8 Å². The fourth-order valence-corrected chi connectivity index (χ4v) is 4.97. The van der Waals surface area contributed by atoms with Crippen molar-refractivity contribution in [3.05, 3.63) is 94.6 Å². The summed E-state index contributed by atoms with van der Waals surface area (Å²) in [6, 6.07) is 20.7. The van der Waals surface area contributed by atoms with E-state index in [0.29, 0.717) is 41.6 Å². The fraction of sp³-hybridized carbons (Fsp3) is 0.290. The summed E-state index contributed by atoms with van der Waals surface area (Å²) in [4.78, 5) is 34.1. The van der Waals surface area contributed by atoms with Crippen molar-refractivity contribution < 1.29 is 19.1 Å². The molecule has 39 heavy (non-hydrogen) atoms. The minimum Gasteiger partial charge on any atom is -0.493 e. The predicted molar refractivity (Wildman–Crippen MR) is 152 cm³/mol. The lowest BCUT2D eigenvalue weighted by Crippen LogP contribution is -2.44. The zero-order valence-electron chi connectivity index (χ0n) is 22.2. The molecule has 3 aromatic carbocycles. The number of fused-ring (bicyclic) bond motifs is 1. The van der Waals surface area contributed by atoms with Gasteiger partial charge in [-0.15, -0.1) is 0 Å². The zero-order chi connectivity index (χ0) is 27.4. The van der Waals surface area contributed by atoms with Crippen LogP contribution in [0.5, 0.6) is 11.5 Å². The molecule has 1 saturated carbocycles. The molecule has 1 aliphatic carbocycles. The quantitative estimate of drug-likeness (QED) is 0.262. The number of carbonyl (C=O) groups excluding carboxylic acids is 2. The SMILES string of the molecule is COc1ccc(CN(CCc2c[nH]c3ccccc23)C(=O)CN(C(=O)c2ccc(Cl)cc2)C2CC2)cc1OC. The highest BCUT2D eigenvalue weighted by Crippen LogP contribution is 2.30. The Bertz CT molecular complexity index is 1460. The Hall–Kier alpha value is -3.97. The molecule has 0 bridgehead atoms. The molecular weight excluding hydrogens is 514 g/mol. The highest BCUT2D eigenvalue weighted by Gasteiger charge is 2.35. The van der Waals surface area contributed by atoms with Crippen LogP contribution in [0.15, 0.2) is 72.9 Å². The number of nitrogens with one attached hydrogen (secondary N) is 1. The molecule has 1 N–H and O–H groups in total. The minimum absolute atomic E-state index is 0.0211. The van der Waals surface area contributed by atoms with Gasteiger partial charge in [0.1, 0.15) is 6.54 Å². The second-order valence-electron chi connectivity index (χ2n) is 9.79. The van der Waals surface area contributed by atoms with Gasteiger partial charge in [0.2, 0.25) is 5.91 Å². The van der Waals surface area contributed by atoms with E-state index in [1.54, 1.807) is 43.4 Å². The van der Waals surface area contributed by atoms with Crippen LogP contribution in [0.3, 0.4) is 0 Å². The monoisotopic (exact) mass is 545 g/mol. The largest absolute Gasteiger partial charge is 0.493 e. The number of hydrogen-bond donors (Lipinski definition) is 1.